The second-order valence-electron chi connectivity index (χ2n) is 9.74. The number of imide groups is 1. The number of nitrogens with zero attached hydrogens (tertiary/aromatic N) is 4. The van der Waals surface area contributed by atoms with Gasteiger partial charge in [-0.05, 0) is 50.6 Å². The summed E-state index contributed by atoms with van der Waals surface area (Å²) in [5, 5.41) is 11.9. The first-order valence-electron chi connectivity index (χ1n) is 12.3. The van der Waals surface area contributed by atoms with Crippen molar-refractivity contribution in [2.75, 3.05) is 40.8 Å². The number of amides is 4. The van der Waals surface area contributed by atoms with Crippen molar-refractivity contribution < 1.29 is 14.4 Å². The van der Waals surface area contributed by atoms with E-state index >= 15 is 0 Å². The maximum absolute atomic E-state index is 12.9. The maximum Gasteiger partial charge on any atom is 0.329 e. The topological polar surface area (TPSA) is 97.3 Å². The van der Waals surface area contributed by atoms with Crippen molar-refractivity contribution in [3.05, 3.63) is 35.4 Å². The molecule has 3 fully saturated rings. The molecule has 0 bridgehead atoms. The first-order chi connectivity index (χ1) is 16.4. The smallest absolute Gasteiger partial charge is 0.329 e. The van der Waals surface area contributed by atoms with Crippen molar-refractivity contribution in [2.45, 2.75) is 50.5 Å². The normalized spacial score (nSPS) is 24.4. The zero-order valence-electron chi connectivity index (χ0n) is 20.4. The van der Waals surface area contributed by atoms with Gasteiger partial charge in [0.2, 0.25) is 11.8 Å². The summed E-state index contributed by atoms with van der Waals surface area (Å²) < 4.78 is 0. The van der Waals surface area contributed by atoms with E-state index in [-0.39, 0.29) is 18.2 Å². The van der Waals surface area contributed by atoms with E-state index in [0.29, 0.717) is 30.2 Å². The summed E-state index contributed by atoms with van der Waals surface area (Å²) in [6.07, 6.45) is 5.21. The minimum atomic E-state index is -0.443. The minimum absolute atomic E-state index is 0.171. The number of carbonyl (C=O) groups excluding carboxylic acids is 3. The quantitative estimate of drug-likeness (QED) is 0.391. The van der Waals surface area contributed by atoms with Crippen LogP contribution >= 0.6 is 0 Å². The third-order valence-electron chi connectivity index (χ3n) is 7.24. The van der Waals surface area contributed by atoms with E-state index < -0.39 is 6.03 Å². The van der Waals surface area contributed by atoms with Crippen molar-refractivity contribution in [1.82, 2.24) is 25.4 Å². The highest BCUT2D eigenvalue weighted by atomic mass is 16.2. The molecule has 2 unspecified atom stereocenters. The van der Waals surface area contributed by atoms with Gasteiger partial charge in [-0.25, -0.2) is 4.79 Å². The molecule has 2 aliphatic heterocycles. The summed E-state index contributed by atoms with van der Waals surface area (Å²) in [6.45, 7) is 1.92. The lowest BCUT2D eigenvalue weighted by Crippen LogP contribution is -2.52. The number of rotatable bonds is 5. The Morgan fingerprint density at radius 2 is 1.76 bits per heavy atom. The number of urea groups is 1. The fraction of sp³-hybridized carbons (Fsp3) is 0.600. The Morgan fingerprint density at radius 3 is 2.35 bits per heavy atom. The van der Waals surface area contributed by atoms with Crippen LogP contribution in [0.25, 0.3) is 0 Å². The number of hydrogen-bond acceptors (Lipinski definition) is 6. The molecule has 2 atom stereocenters. The molecule has 2 saturated heterocycles. The van der Waals surface area contributed by atoms with Gasteiger partial charge in [-0.15, -0.1) is 0 Å². The molecule has 1 aliphatic carbocycles. The molecule has 3 aliphatic rings. The number of amidine groups is 1. The number of piperidine rings is 1. The molecule has 1 aromatic carbocycles. The number of hydrogen-bond donors (Lipinski definition) is 2. The summed E-state index contributed by atoms with van der Waals surface area (Å²) in [5.74, 6) is 1.18. The third-order valence-corrected chi connectivity index (χ3v) is 7.24. The Hall–Kier alpha value is -2.94. The molecule has 1 saturated carbocycles. The van der Waals surface area contributed by atoms with Crippen LogP contribution in [-0.2, 0) is 9.59 Å². The van der Waals surface area contributed by atoms with Crippen LogP contribution in [0.2, 0.25) is 0 Å². The molecular formula is C25H36N6O3. The Morgan fingerprint density at radius 1 is 1.06 bits per heavy atom. The largest absolute Gasteiger partial charge is 0.342 e. The first-order valence-corrected chi connectivity index (χ1v) is 12.3. The van der Waals surface area contributed by atoms with Gasteiger partial charge in [0.05, 0.1) is 0 Å². The molecule has 9 nitrogen and oxygen atoms in total. The molecule has 1 aromatic rings. The molecule has 9 heteroatoms. The van der Waals surface area contributed by atoms with Crippen molar-refractivity contribution in [1.29, 1.82) is 0 Å². The fourth-order valence-corrected chi connectivity index (χ4v) is 5.29. The minimum Gasteiger partial charge on any atom is -0.342 e. The lowest BCUT2D eigenvalue weighted by atomic mass is 9.88. The van der Waals surface area contributed by atoms with Crippen LogP contribution < -0.4 is 10.6 Å². The van der Waals surface area contributed by atoms with Crippen LogP contribution in [0.15, 0.2) is 29.4 Å². The van der Waals surface area contributed by atoms with Gasteiger partial charge >= 0.3 is 6.03 Å². The van der Waals surface area contributed by atoms with Gasteiger partial charge in [0, 0.05) is 57.7 Å². The third kappa shape index (κ3) is 5.41. The Kier molecular flexibility index (Phi) is 7.50. The molecule has 2 N–H and O–H groups in total. The Bertz CT molecular complexity index is 936. The number of likely N-dealkylation sites (tertiary alicyclic amines) is 1. The van der Waals surface area contributed by atoms with Crippen LogP contribution in [0.4, 0.5) is 4.79 Å². The van der Waals surface area contributed by atoms with Gasteiger partial charge in [-0.2, -0.15) is 5.10 Å². The van der Waals surface area contributed by atoms with Gasteiger partial charge in [-0.1, -0.05) is 24.3 Å². The molecule has 0 radical (unpaired) electrons. The van der Waals surface area contributed by atoms with Gasteiger partial charge in [0.25, 0.3) is 0 Å². The van der Waals surface area contributed by atoms with Crippen LogP contribution in [0, 0.1) is 5.92 Å². The lowest BCUT2D eigenvalue weighted by Gasteiger charge is -2.34. The van der Waals surface area contributed by atoms with Crippen LogP contribution in [-0.4, -0.2) is 85.3 Å². The molecule has 4 amide bonds. The molecule has 0 aromatic heterocycles. The molecule has 184 valence electrons. The van der Waals surface area contributed by atoms with Gasteiger partial charge in [-0.3, -0.25) is 19.8 Å². The van der Waals surface area contributed by atoms with Crippen molar-refractivity contribution >= 4 is 23.7 Å². The number of carbonyl (C=O) groups is 3. The monoisotopic (exact) mass is 468 g/mol. The Balaban J connectivity index is 1.39. The predicted molar refractivity (Wildman–Crippen MR) is 130 cm³/mol. The van der Waals surface area contributed by atoms with Crippen molar-refractivity contribution in [3.8, 4) is 0 Å². The molecule has 4 rings (SSSR count). The fourth-order valence-electron chi connectivity index (χ4n) is 5.29. The van der Waals surface area contributed by atoms with Gasteiger partial charge in [0.1, 0.15) is 0 Å². The molecule has 34 heavy (non-hydrogen) atoms. The highest BCUT2D eigenvalue weighted by molar-refractivity contribution is 6.11. The summed E-state index contributed by atoms with van der Waals surface area (Å²) in [4.78, 5) is 40.5. The van der Waals surface area contributed by atoms with E-state index in [0.717, 1.165) is 50.8 Å². The Labute approximate surface area is 201 Å². The summed E-state index contributed by atoms with van der Waals surface area (Å²) in [7, 11) is 5.59. The number of nitrogens with one attached hydrogen (secondary N) is 2. The molecule has 2 heterocycles. The second-order valence-corrected chi connectivity index (χ2v) is 9.74. The van der Waals surface area contributed by atoms with E-state index in [9.17, 15) is 14.4 Å². The molecule has 0 spiro atoms. The van der Waals surface area contributed by atoms with Gasteiger partial charge < -0.3 is 15.2 Å². The average molecular weight is 469 g/mol. The zero-order chi connectivity index (χ0) is 24.2. The zero-order valence-corrected chi connectivity index (χ0v) is 20.4. The van der Waals surface area contributed by atoms with E-state index in [1.165, 1.54) is 10.5 Å². The van der Waals surface area contributed by atoms with E-state index in [2.05, 4.69) is 32.8 Å². The lowest BCUT2D eigenvalue weighted by molar-refractivity contribution is -0.136. The maximum atomic E-state index is 12.9. The summed E-state index contributed by atoms with van der Waals surface area (Å²) >= 11 is 0. The summed E-state index contributed by atoms with van der Waals surface area (Å²) in [6, 6.07) is 8.22. The second kappa shape index (κ2) is 10.5. The van der Waals surface area contributed by atoms with Crippen LogP contribution in [0.3, 0.4) is 0 Å². The number of benzene rings is 1. The van der Waals surface area contributed by atoms with Gasteiger partial charge in [0.15, 0.2) is 5.84 Å². The van der Waals surface area contributed by atoms with Crippen molar-refractivity contribution in [3.63, 3.8) is 0 Å². The summed E-state index contributed by atoms with van der Waals surface area (Å²) in [5.41, 5.74) is 2.07. The van der Waals surface area contributed by atoms with Crippen molar-refractivity contribution in [2.24, 2.45) is 11.0 Å². The first kappa shape index (κ1) is 24.2. The van der Waals surface area contributed by atoms with Crippen LogP contribution in [0.5, 0.6) is 0 Å². The predicted octanol–water partition coefficient (Wildman–Crippen LogP) is 1.95. The van der Waals surface area contributed by atoms with E-state index in [1.807, 2.05) is 19.2 Å². The SMILES string of the molecule is CNC1CCC(C(=O)N2CCC(c3ccc(/C(=N\N(C)C)N4CCC(=O)NC4=O)cc3)CC2)C1. The standard InChI is InChI=1S/C25H36N6O3/c1-26-21-9-8-20(16-21)24(33)30-13-10-18(11-14-30)17-4-6-19(7-5-17)23(28-29(2)3)31-15-12-22(32)27-25(31)34/h4-7,18,20-21,26H,8-16H2,1-3H3,(H,27,32,34)/b28-23+. The van der Waals surface area contributed by atoms with E-state index in [4.69, 9.17) is 0 Å². The number of hydrazone groups is 1. The highest BCUT2D eigenvalue weighted by Crippen LogP contribution is 2.32. The average Bonchev–Trinajstić information content (AvgIpc) is 3.32. The highest BCUT2D eigenvalue weighted by Gasteiger charge is 2.34. The van der Waals surface area contributed by atoms with E-state index in [1.54, 1.807) is 19.1 Å². The van der Waals surface area contributed by atoms with Crippen LogP contribution in [0.1, 0.15) is 55.6 Å². The molecular weight excluding hydrogens is 432 g/mol.